The molecule has 2 atom stereocenters. The number of aromatic nitrogens is 3. The van der Waals surface area contributed by atoms with Crippen LogP contribution in [0.4, 0.5) is 22.7 Å². The fraction of sp³-hybridized carbons (Fsp3) is 0.141. The molecule has 10 rings (SSSR count). The van der Waals surface area contributed by atoms with Gasteiger partial charge in [-0.05, 0) is 141 Å². The van der Waals surface area contributed by atoms with E-state index in [1.54, 1.807) is 0 Å². The summed E-state index contributed by atoms with van der Waals surface area (Å²) < 4.78 is 0. The fourth-order valence-corrected chi connectivity index (χ4v) is 9.92. The van der Waals surface area contributed by atoms with Gasteiger partial charge in [0, 0.05) is 57.0 Å². The molecule has 3 aliphatic carbocycles. The standard InChI is InChI=1S/C64H57N5/c1-7-18-45-29-32-49(33-30-45)63-65-62(48(19-8-2)31-28-43(4)5)66-64(67-63)52-22-17-25-54(40-52)69-58-38-37-50(41-56(58)61-55-26-15-14-21-47(55)36-39-59(61)69)51-35-34-46(9-3)60(42-51)68(53-23-11-10-12-24-53)57-27-16-13-20-44(57)6/h7-12,14-19,21-42,55,61H,3,13,20H2,1-2,4-6H3/b18-7+,19-8-,48-31+. The van der Waals surface area contributed by atoms with Gasteiger partial charge in [-0.15, -0.1) is 0 Å². The van der Waals surface area contributed by atoms with Crippen LogP contribution in [0.5, 0.6) is 0 Å². The number of benzene rings is 5. The average molecular weight is 896 g/mol. The van der Waals surface area contributed by atoms with Gasteiger partial charge < -0.3 is 9.80 Å². The smallest absolute Gasteiger partial charge is 0.164 e. The molecule has 0 fully saturated rings. The van der Waals surface area contributed by atoms with E-state index in [0.717, 1.165) is 63.3 Å². The van der Waals surface area contributed by atoms with Crippen molar-refractivity contribution in [3.8, 4) is 33.9 Å². The number of hydrogen-bond acceptors (Lipinski definition) is 5. The minimum atomic E-state index is 0.113. The Hall–Kier alpha value is -8.15. The maximum atomic E-state index is 5.19. The summed E-state index contributed by atoms with van der Waals surface area (Å²) in [5.41, 5.74) is 19.4. The van der Waals surface area contributed by atoms with Crippen LogP contribution in [0.15, 0.2) is 229 Å². The summed E-state index contributed by atoms with van der Waals surface area (Å²) in [7, 11) is 0. The molecule has 0 amide bonds. The van der Waals surface area contributed by atoms with E-state index < -0.39 is 0 Å². The van der Waals surface area contributed by atoms with E-state index in [4.69, 9.17) is 15.0 Å². The van der Waals surface area contributed by atoms with Gasteiger partial charge in [-0.3, -0.25) is 0 Å². The van der Waals surface area contributed by atoms with Crippen LogP contribution in [0.3, 0.4) is 0 Å². The first-order chi connectivity index (χ1) is 33.8. The number of para-hydroxylation sites is 1. The zero-order valence-electron chi connectivity index (χ0n) is 40.1. The molecule has 0 saturated heterocycles. The highest BCUT2D eigenvalue weighted by atomic mass is 15.2. The molecular weight excluding hydrogens is 839 g/mol. The molecular formula is C64H57N5. The van der Waals surface area contributed by atoms with Gasteiger partial charge in [-0.25, -0.2) is 15.0 Å². The van der Waals surface area contributed by atoms with Gasteiger partial charge in [-0.1, -0.05) is 164 Å². The summed E-state index contributed by atoms with van der Waals surface area (Å²) in [5, 5.41) is 0. The lowest BCUT2D eigenvalue weighted by atomic mass is 9.75. The number of nitrogens with zero attached hydrogens (tertiary/aromatic N) is 5. The predicted molar refractivity (Wildman–Crippen MR) is 292 cm³/mol. The Morgan fingerprint density at radius 2 is 1.52 bits per heavy atom. The van der Waals surface area contributed by atoms with Crippen LogP contribution in [0, 0.1) is 5.92 Å². The molecule has 0 spiro atoms. The number of fused-ring (bicyclic) bond motifs is 5. The lowest BCUT2D eigenvalue weighted by Gasteiger charge is -2.31. The highest BCUT2D eigenvalue weighted by molar-refractivity contribution is 5.87. The van der Waals surface area contributed by atoms with E-state index in [1.807, 2.05) is 32.1 Å². The molecule has 6 aromatic rings. The Morgan fingerprint density at radius 3 is 2.29 bits per heavy atom. The second kappa shape index (κ2) is 19.6. The maximum absolute atomic E-state index is 5.19. The molecule has 0 saturated carbocycles. The second-order valence-electron chi connectivity index (χ2n) is 18.2. The van der Waals surface area contributed by atoms with Crippen LogP contribution in [0.1, 0.15) is 75.9 Å². The molecule has 5 nitrogen and oxygen atoms in total. The van der Waals surface area contributed by atoms with Crippen molar-refractivity contribution in [2.24, 2.45) is 5.92 Å². The van der Waals surface area contributed by atoms with Crippen molar-refractivity contribution in [2.75, 3.05) is 9.80 Å². The summed E-state index contributed by atoms with van der Waals surface area (Å²) in [4.78, 5) is 20.3. The van der Waals surface area contributed by atoms with E-state index in [2.05, 4.69) is 225 Å². The highest BCUT2D eigenvalue weighted by Crippen LogP contribution is 2.56. The van der Waals surface area contributed by atoms with Crippen molar-refractivity contribution in [1.82, 2.24) is 15.0 Å². The Morgan fingerprint density at radius 1 is 0.739 bits per heavy atom. The molecule has 4 aliphatic rings. The summed E-state index contributed by atoms with van der Waals surface area (Å²) >= 11 is 0. The van der Waals surface area contributed by atoms with Gasteiger partial charge in [-0.2, -0.15) is 0 Å². The normalized spacial score (nSPS) is 17.2. The molecule has 2 heterocycles. The molecule has 5 heteroatoms. The summed E-state index contributed by atoms with van der Waals surface area (Å²) in [6.45, 7) is 14.8. The van der Waals surface area contributed by atoms with E-state index in [-0.39, 0.29) is 11.8 Å². The summed E-state index contributed by atoms with van der Waals surface area (Å²) in [6, 6.07) is 41.6. The summed E-state index contributed by atoms with van der Waals surface area (Å²) in [5.74, 6) is 2.18. The average Bonchev–Trinajstić information content (AvgIpc) is 3.73. The van der Waals surface area contributed by atoms with Crippen LogP contribution >= 0.6 is 0 Å². The Kier molecular flexibility index (Phi) is 12.7. The summed E-state index contributed by atoms with van der Waals surface area (Å²) in [6.07, 6.45) is 34.7. The quantitative estimate of drug-likeness (QED) is 0.115. The molecule has 1 aliphatic heterocycles. The zero-order valence-corrected chi connectivity index (χ0v) is 40.1. The van der Waals surface area contributed by atoms with E-state index in [1.165, 1.54) is 44.9 Å². The SMILES string of the molecule is C=Cc1ccc(-c2ccc3c(c2)C2C(=CC=C4C=CC=CC42)N3c2cccc(-c3nc(C(/C=C\C)=C/C=C(C)C)nc(-c4ccc(/C=C/C)cc4)n3)c2)cc1N(C1=C(C)CCC=C1)c1ccccc1. The Balaban J connectivity index is 1.10. The number of rotatable bonds is 12. The minimum absolute atomic E-state index is 0.113. The third kappa shape index (κ3) is 8.92. The van der Waals surface area contributed by atoms with Crippen LogP contribution in [0.2, 0.25) is 0 Å². The van der Waals surface area contributed by atoms with Crippen molar-refractivity contribution in [3.05, 3.63) is 251 Å². The third-order valence-electron chi connectivity index (χ3n) is 13.3. The second-order valence-corrected chi connectivity index (χ2v) is 18.2. The number of hydrogen-bond donors (Lipinski definition) is 0. The molecule has 0 N–H and O–H groups in total. The van der Waals surface area contributed by atoms with Crippen LogP contribution in [-0.2, 0) is 0 Å². The van der Waals surface area contributed by atoms with Gasteiger partial charge in [0.2, 0.25) is 0 Å². The highest BCUT2D eigenvalue weighted by Gasteiger charge is 2.41. The van der Waals surface area contributed by atoms with Gasteiger partial charge in [0.1, 0.15) is 0 Å². The van der Waals surface area contributed by atoms with Crippen LogP contribution < -0.4 is 9.80 Å². The van der Waals surface area contributed by atoms with Gasteiger partial charge in [0.15, 0.2) is 17.5 Å². The molecule has 5 aromatic carbocycles. The lowest BCUT2D eigenvalue weighted by molar-refractivity contribution is 0.651. The van der Waals surface area contributed by atoms with Gasteiger partial charge in [0.25, 0.3) is 0 Å². The first kappa shape index (κ1) is 44.7. The first-order valence-electron chi connectivity index (χ1n) is 24.1. The van der Waals surface area contributed by atoms with Gasteiger partial charge >= 0.3 is 0 Å². The largest absolute Gasteiger partial charge is 0.313 e. The Bertz CT molecular complexity index is 3290. The van der Waals surface area contributed by atoms with E-state index >= 15 is 0 Å². The third-order valence-corrected chi connectivity index (χ3v) is 13.3. The predicted octanol–water partition coefficient (Wildman–Crippen LogP) is 17.0. The van der Waals surface area contributed by atoms with Crippen LogP contribution in [-0.4, -0.2) is 15.0 Å². The van der Waals surface area contributed by atoms with Crippen molar-refractivity contribution in [1.29, 1.82) is 0 Å². The van der Waals surface area contributed by atoms with Crippen molar-refractivity contribution < 1.29 is 0 Å². The van der Waals surface area contributed by atoms with Crippen molar-refractivity contribution >= 4 is 40.5 Å². The fourth-order valence-electron chi connectivity index (χ4n) is 9.92. The van der Waals surface area contributed by atoms with E-state index in [0.29, 0.717) is 17.5 Å². The molecule has 0 radical (unpaired) electrons. The molecule has 2 unspecified atom stereocenters. The van der Waals surface area contributed by atoms with Crippen LogP contribution in [0.25, 0.3) is 51.6 Å². The Labute approximate surface area is 408 Å². The molecule has 1 aromatic heterocycles. The monoisotopic (exact) mass is 895 g/mol. The lowest BCUT2D eigenvalue weighted by Crippen LogP contribution is -2.21. The minimum Gasteiger partial charge on any atom is -0.313 e. The maximum Gasteiger partial charge on any atom is 0.164 e. The molecule has 69 heavy (non-hydrogen) atoms. The van der Waals surface area contributed by atoms with Gasteiger partial charge in [0.05, 0.1) is 5.69 Å². The first-order valence-corrected chi connectivity index (χ1v) is 24.1. The number of allylic oxidation sites excluding steroid dienone is 18. The zero-order chi connectivity index (χ0) is 47.4. The van der Waals surface area contributed by atoms with Crippen molar-refractivity contribution in [2.45, 2.75) is 53.4 Å². The topological polar surface area (TPSA) is 45.2 Å². The van der Waals surface area contributed by atoms with Crippen molar-refractivity contribution in [3.63, 3.8) is 0 Å². The van der Waals surface area contributed by atoms with E-state index in [9.17, 15) is 0 Å². The molecule has 0 bridgehead atoms. The number of anilines is 4. The molecule has 338 valence electrons.